The van der Waals surface area contributed by atoms with E-state index in [2.05, 4.69) is 38.2 Å². The molecule has 0 radical (unpaired) electrons. The molecule has 0 aromatic heterocycles. The molecule has 21 heavy (non-hydrogen) atoms. The maximum absolute atomic E-state index is 12.9. The molecule has 2 heteroatoms. The number of benzene rings is 2. The van der Waals surface area contributed by atoms with Gasteiger partial charge in [0.1, 0.15) is 5.82 Å². The van der Waals surface area contributed by atoms with Crippen LogP contribution in [0, 0.1) is 26.6 Å². The molecule has 1 aliphatic carbocycles. The highest BCUT2D eigenvalue weighted by atomic mass is 19.1. The zero-order chi connectivity index (χ0) is 15.0. The summed E-state index contributed by atoms with van der Waals surface area (Å²) in [7, 11) is 0. The van der Waals surface area contributed by atoms with Crippen molar-refractivity contribution in [3.8, 4) is 0 Å². The topological polar surface area (TPSA) is 12.0 Å². The van der Waals surface area contributed by atoms with E-state index in [1.807, 2.05) is 12.1 Å². The Labute approximate surface area is 126 Å². The molecule has 0 spiro atoms. The fraction of sp³-hybridized carbons (Fsp3) is 0.368. The molecular formula is C19H22FN. The summed E-state index contributed by atoms with van der Waals surface area (Å²) >= 11 is 0. The molecule has 1 saturated carbocycles. The van der Waals surface area contributed by atoms with Crippen molar-refractivity contribution in [1.29, 1.82) is 0 Å². The number of halogens is 1. The van der Waals surface area contributed by atoms with Gasteiger partial charge < -0.3 is 5.32 Å². The van der Waals surface area contributed by atoms with Gasteiger partial charge in [-0.15, -0.1) is 0 Å². The molecule has 0 atom stereocenters. The Morgan fingerprint density at radius 3 is 2.10 bits per heavy atom. The van der Waals surface area contributed by atoms with Gasteiger partial charge in [-0.1, -0.05) is 29.8 Å². The van der Waals surface area contributed by atoms with Crippen LogP contribution in [0.25, 0.3) is 0 Å². The van der Waals surface area contributed by atoms with E-state index in [-0.39, 0.29) is 5.82 Å². The van der Waals surface area contributed by atoms with Gasteiger partial charge in [0, 0.05) is 11.7 Å². The standard InChI is InChI=1S/C19H22FN/c1-12-8-13(2)19(14(3)9-12)21-18-10-16(11-18)15-4-6-17(20)7-5-15/h4-9,16,18,21H,10-11H2,1-3H3. The zero-order valence-electron chi connectivity index (χ0n) is 12.9. The molecular weight excluding hydrogens is 261 g/mol. The first kappa shape index (κ1) is 14.1. The van der Waals surface area contributed by atoms with E-state index < -0.39 is 0 Å². The first-order valence-electron chi connectivity index (χ1n) is 7.63. The Morgan fingerprint density at radius 2 is 1.52 bits per heavy atom. The Morgan fingerprint density at radius 1 is 0.952 bits per heavy atom. The second kappa shape index (κ2) is 5.51. The summed E-state index contributed by atoms with van der Waals surface area (Å²) in [5.74, 6) is 0.410. The third kappa shape index (κ3) is 2.94. The average molecular weight is 283 g/mol. The molecule has 2 aromatic carbocycles. The van der Waals surface area contributed by atoms with E-state index in [9.17, 15) is 4.39 Å². The van der Waals surface area contributed by atoms with E-state index in [0.717, 1.165) is 12.8 Å². The van der Waals surface area contributed by atoms with Crippen LogP contribution in [0.4, 0.5) is 10.1 Å². The predicted molar refractivity (Wildman–Crippen MR) is 86.4 cm³/mol. The Bertz CT molecular complexity index is 616. The Hall–Kier alpha value is -1.83. The quantitative estimate of drug-likeness (QED) is 0.825. The van der Waals surface area contributed by atoms with Crippen LogP contribution in [0.3, 0.4) is 0 Å². The Balaban J connectivity index is 1.64. The number of nitrogens with one attached hydrogen (secondary N) is 1. The lowest BCUT2D eigenvalue weighted by Crippen LogP contribution is -2.34. The SMILES string of the molecule is Cc1cc(C)c(NC2CC(c3ccc(F)cc3)C2)c(C)c1. The first-order valence-corrected chi connectivity index (χ1v) is 7.63. The fourth-order valence-electron chi connectivity index (χ4n) is 3.35. The fourth-order valence-corrected chi connectivity index (χ4v) is 3.35. The summed E-state index contributed by atoms with van der Waals surface area (Å²) in [6.07, 6.45) is 2.25. The van der Waals surface area contributed by atoms with Crippen molar-refractivity contribution in [3.63, 3.8) is 0 Å². The molecule has 0 aliphatic heterocycles. The second-order valence-electron chi connectivity index (χ2n) is 6.33. The van der Waals surface area contributed by atoms with Crippen LogP contribution in [-0.2, 0) is 0 Å². The molecule has 1 fully saturated rings. The maximum atomic E-state index is 12.9. The first-order chi connectivity index (χ1) is 10.0. The van der Waals surface area contributed by atoms with Gasteiger partial charge in [-0.05, 0) is 68.4 Å². The summed E-state index contributed by atoms with van der Waals surface area (Å²) in [6, 6.07) is 11.9. The van der Waals surface area contributed by atoms with E-state index in [1.165, 1.54) is 27.9 Å². The van der Waals surface area contributed by atoms with Crippen molar-refractivity contribution in [3.05, 3.63) is 64.5 Å². The molecule has 110 valence electrons. The van der Waals surface area contributed by atoms with Crippen molar-refractivity contribution in [2.24, 2.45) is 0 Å². The van der Waals surface area contributed by atoms with Crippen LogP contribution in [-0.4, -0.2) is 6.04 Å². The predicted octanol–water partition coefficient (Wildman–Crippen LogP) is 5.11. The van der Waals surface area contributed by atoms with Gasteiger partial charge >= 0.3 is 0 Å². The van der Waals surface area contributed by atoms with Gasteiger partial charge in [0.05, 0.1) is 0 Å². The van der Waals surface area contributed by atoms with E-state index in [0.29, 0.717) is 12.0 Å². The third-order valence-corrected chi connectivity index (χ3v) is 4.50. The van der Waals surface area contributed by atoms with Gasteiger partial charge in [0.15, 0.2) is 0 Å². The third-order valence-electron chi connectivity index (χ3n) is 4.50. The van der Waals surface area contributed by atoms with Gasteiger partial charge in [-0.2, -0.15) is 0 Å². The summed E-state index contributed by atoms with van der Waals surface area (Å²) in [5.41, 5.74) is 6.48. The van der Waals surface area contributed by atoms with E-state index >= 15 is 0 Å². The van der Waals surface area contributed by atoms with Crippen LogP contribution in [0.1, 0.15) is 41.0 Å². The van der Waals surface area contributed by atoms with Crippen molar-refractivity contribution in [2.45, 2.75) is 45.6 Å². The number of anilines is 1. The van der Waals surface area contributed by atoms with Gasteiger partial charge in [0.25, 0.3) is 0 Å². The highest BCUT2D eigenvalue weighted by Crippen LogP contribution is 2.39. The average Bonchev–Trinajstić information content (AvgIpc) is 2.37. The molecule has 0 unspecified atom stereocenters. The molecule has 1 aliphatic rings. The minimum absolute atomic E-state index is 0.154. The number of rotatable bonds is 3. The summed E-state index contributed by atoms with van der Waals surface area (Å²) in [4.78, 5) is 0. The normalized spacial score (nSPS) is 21.0. The molecule has 2 aromatic rings. The minimum Gasteiger partial charge on any atom is -0.382 e. The lowest BCUT2D eigenvalue weighted by molar-refractivity contribution is 0.373. The van der Waals surface area contributed by atoms with Crippen molar-refractivity contribution in [2.75, 3.05) is 5.32 Å². The lowest BCUT2D eigenvalue weighted by Gasteiger charge is -2.37. The van der Waals surface area contributed by atoms with Crippen molar-refractivity contribution < 1.29 is 4.39 Å². The van der Waals surface area contributed by atoms with Crippen molar-refractivity contribution >= 4 is 5.69 Å². The van der Waals surface area contributed by atoms with Crippen LogP contribution in [0.15, 0.2) is 36.4 Å². The van der Waals surface area contributed by atoms with Crippen LogP contribution >= 0.6 is 0 Å². The molecule has 1 N–H and O–H groups in total. The molecule has 0 heterocycles. The molecule has 0 saturated heterocycles. The van der Waals surface area contributed by atoms with Crippen LogP contribution in [0.2, 0.25) is 0 Å². The molecule has 0 amide bonds. The van der Waals surface area contributed by atoms with E-state index in [1.54, 1.807) is 12.1 Å². The zero-order valence-corrected chi connectivity index (χ0v) is 12.9. The number of hydrogen-bond donors (Lipinski definition) is 1. The van der Waals surface area contributed by atoms with Crippen LogP contribution < -0.4 is 5.32 Å². The molecule has 3 rings (SSSR count). The van der Waals surface area contributed by atoms with Crippen molar-refractivity contribution in [1.82, 2.24) is 0 Å². The monoisotopic (exact) mass is 283 g/mol. The summed E-state index contributed by atoms with van der Waals surface area (Å²) < 4.78 is 12.9. The summed E-state index contributed by atoms with van der Waals surface area (Å²) in [6.45, 7) is 6.47. The highest BCUT2D eigenvalue weighted by molar-refractivity contribution is 5.59. The second-order valence-corrected chi connectivity index (χ2v) is 6.33. The van der Waals surface area contributed by atoms with Gasteiger partial charge in [0.2, 0.25) is 0 Å². The Kier molecular flexibility index (Phi) is 3.71. The number of aryl methyl sites for hydroxylation is 3. The largest absolute Gasteiger partial charge is 0.382 e. The molecule has 1 nitrogen and oxygen atoms in total. The van der Waals surface area contributed by atoms with Gasteiger partial charge in [-0.3, -0.25) is 0 Å². The van der Waals surface area contributed by atoms with Crippen LogP contribution in [0.5, 0.6) is 0 Å². The number of hydrogen-bond acceptors (Lipinski definition) is 1. The maximum Gasteiger partial charge on any atom is 0.123 e. The summed E-state index contributed by atoms with van der Waals surface area (Å²) in [5, 5.41) is 3.68. The smallest absolute Gasteiger partial charge is 0.123 e. The van der Waals surface area contributed by atoms with E-state index in [4.69, 9.17) is 0 Å². The van der Waals surface area contributed by atoms with Gasteiger partial charge in [-0.25, -0.2) is 4.39 Å². The lowest BCUT2D eigenvalue weighted by atomic mass is 9.75. The highest BCUT2D eigenvalue weighted by Gasteiger charge is 2.30. The molecule has 0 bridgehead atoms. The minimum atomic E-state index is -0.154.